The molecule has 0 saturated heterocycles. The molecule has 3 rings (SSSR count). The van der Waals surface area contributed by atoms with E-state index in [9.17, 15) is 4.39 Å². The summed E-state index contributed by atoms with van der Waals surface area (Å²) in [5.74, 6) is -0.00641. The van der Waals surface area contributed by atoms with Crippen molar-refractivity contribution in [3.63, 3.8) is 0 Å². The number of hydrogen-bond acceptors (Lipinski definition) is 3. The van der Waals surface area contributed by atoms with E-state index in [-0.39, 0.29) is 11.1 Å². The maximum Gasteiger partial charge on any atom is 0.196 e. The minimum Gasteiger partial charge on any atom is -0.369 e. The summed E-state index contributed by atoms with van der Waals surface area (Å²) in [5, 5.41) is 0.112. The van der Waals surface area contributed by atoms with E-state index in [2.05, 4.69) is 20.9 Å². The fourth-order valence-electron chi connectivity index (χ4n) is 2.39. The molecule has 0 saturated carbocycles. The molecule has 1 aliphatic heterocycles. The van der Waals surface area contributed by atoms with Gasteiger partial charge in [-0.15, -0.1) is 0 Å². The van der Waals surface area contributed by atoms with Gasteiger partial charge in [-0.2, -0.15) is 0 Å². The highest BCUT2D eigenvalue weighted by Crippen LogP contribution is 2.32. The number of nitrogens with zero attached hydrogens (tertiary/aromatic N) is 2. The van der Waals surface area contributed by atoms with E-state index in [1.807, 2.05) is 29.2 Å². The van der Waals surface area contributed by atoms with Crippen LogP contribution in [0.15, 0.2) is 51.9 Å². The molecular weight excluding hydrogens is 357 g/mol. The fraction of sp³-hybridized carbons (Fsp3) is 0.133. The molecule has 2 N–H and O–H groups in total. The van der Waals surface area contributed by atoms with Gasteiger partial charge in [0.05, 0.1) is 17.6 Å². The number of hydrogen-bond donors (Lipinski definition) is 1. The number of rotatable bonds is 2. The number of halogens is 3. The Morgan fingerprint density at radius 3 is 2.62 bits per heavy atom. The molecule has 0 amide bonds. The van der Waals surface area contributed by atoms with Crippen LogP contribution in [-0.2, 0) is 0 Å². The molecule has 1 atom stereocenters. The SMILES string of the molecule is NC1=NCC(c2ccc(Cl)c(F)c2)N1c1ccc(Br)cc1. The van der Waals surface area contributed by atoms with Gasteiger partial charge < -0.3 is 10.6 Å². The standard InChI is InChI=1S/C15H12BrClFN3/c16-10-2-4-11(5-3-10)21-14(8-20-15(21)19)9-1-6-12(17)13(18)7-9/h1-7,14H,8H2,(H2,19,20). The normalized spacial score (nSPS) is 18.0. The smallest absolute Gasteiger partial charge is 0.196 e. The Labute approximate surface area is 135 Å². The molecule has 21 heavy (non-hydrogen) atoms. The Kier molecular flexibility index (Phi) is 3.87. The van der Waals surface area contributed by atoms with Gasteiger partial charge in [0.25, 0.3) is 0 Å². The van der Waals surface area contributed by atoms with E-state index >= 15 is 0 Å². The highest BCUT2D eigenvalue weighted by molar-refractivity contribution is 9.10. The average molecular weight is 369 g/mol. The van der Waals surface area contributed by atoms with Crippen molar-refractivity contribution in [3.05, 3.63) is 63.3 Å². The van der Waals surface area contributed by atoms with Crippen molar-refractivity contribution in [2.24, 2.45) is 10.7 Å². The van der Waals surface area contributed by atoms with Crippen molar-refractivity contribution in [1.82, 2.24) is 0 Å². The summed E-state index contributed by atoms with van der Waals surface area (Å²) in [6.07, 6.45) is 0. The highest BCUT2D eigenvalue weighted by Gasteiger charge is 2.29. The lowest BCUT2D eigenvalue weighted by Gasteiger charge is -2.26. The van der Waals surface area contributed by atoms with Crippen molar-refractivity contribution in [3.8, 4) is 0 Å². The van der Waals surface area contributed by atoms with Crippen LogP contribution in [0.5, 0.6) is 0 Å². The Bertz CT molecular complexity index is 703. The summed E-state index contributed by atoms with van der Waals surface area (Å²) in [6, 6.07) is 12.4. The first kappa shape index (κ1) is 14.4. The second kappa shape index (κ2) is 5.66. The zero-order chi connectivity index (χ0) is 15.0. The molecule has 2 aromatic rings. The monoisotopic (exact) mass is 367 g/mol. The molecule has 3 nitrogen and oxygen atoms in total. The lowest BCUT2D eigenvalue weighted by Crippen LogP contribution is -2.36. The van der Waals surface area contributed by atoms with Gasteiger partial charge in [-0.1, -0.05) is 33.6 Å². The van der Waals surface area contributed by atoms with E-state index in [4.69, 9.17) is 17.3 Å². The topological polar surface area (TPSA) is 41.6 Å². The molecule has 0 fully saturated rings. The lowest BCUT2D eigenvalue weighted by atomic mass is 10.1. The summed E-state index contributed by atoms with van der Waals surface area (Å²) in [6.45, 7) is 0.489. The van der Waals surface area contributed by atoms with Crippen LogP contribution < -0.4 is 10.6 Å². The molecule has 1 unspecified atom stereocenters. The van der Waals surface area contributed by atoms with Gasteiger partial charge in [-0.25, -0.2) is 4.39 Å². The van der Waals surface area contributed by atoms with E-state index in [1.54, 1.807) is 12.1 Å². The molecule has 6 heteroatoms. The largest absolute Gasteiger partial charge is 0.369 e. The van der Waals surface area contributed by atoms with Gasteiger partial charge in [0.2, 0.25) is 0 Å². The first-order valence-electron chi connectivity index (χ1n) is 6.36. The fourth-order valence-corrected chi connectivity index (χ4v) is 2.77. The average Bonchev–Trinajstić information content (AvgIpc) is 2.85. The van der Waals surface area contributed by atoms with Crippen molar-refractivity contribution in [1.29, 1.82) is 0 Å². The minimum atomic E-state index is -0.435. The highest BCUT2D eigenvalue weighted by atomic mass is 79.9. The van der Waals surface area contributed by atoms with Crippen LogP contribution in [0, 0.1) is 5.82 Å². The summed E-state index contributed by atoms with van der Waals surface area (Å²) >= 11 is 9.14. The molecule has 0 radical (unpaired) electrons. The number of guanidine groups is 1. The third kappa shape index (κ3) is 2.76. The third-order valence-electron chi connectivity index (χ3n) is 3.42. The van der Waals surface area contributed by atoms with Gasteiger partial charge in [-0.05, 0) is 42.0 Å². The maximum absolute atomic E-state index is 13.7. The van der Waals surface area contributed by atoms with Gasteiger partial charge in [0, 0.05) is 10.2 Å². The molecule has 1 aliphatic rings. The Balaban J connectivity index is 1.98. The van der Waals surface area contributed by atoms with Crippen LogP contribution in [0.4, 0.5) is 10.1 Å². The lowest BCUT2D eigenvalue weighted by molar-refractivity contribution is 0.622. The predicted octanol–water partition coefficient (Wildman–Crippen LogP) is 4.12. The van der Waals surface area contributed by atoms with Gasteiger partial charge in [0.1, 0.15) is 5.82 Å². The molecule has 0 aliphatic carbocycles. The van der Waals surface area contributed by atoms with Crippen molar-refractivity contribution in [2.75, 3.05) is 11.4 Å². The number of aliphatic imine (C=N–C) groups is 1. The van der Waals surface area contributed by atoms with Crippen molar-refractivity contribution >= 4 is 39.2 Å². The zero-order valence-electron chi connectivity index (χ0n) is 10.9. The molecule has 0 bridgehead atoms. The second-order valence-electron chi connectivity index (χ2n) is 4.73. The van der Waals surface area contributed by atoms with Crippen LogP contribution >= 0.6 is 27.5 Å². The maximum atomic E-state index is 13.7. The van der Waals surface area contributed by atoms with Gasteiger partial charge >= 0.3 is 0 Å². The summed E-state index contributed by atoms with van der Waals surface area (Å²) < 4.78 is 14.7. The molecule has 0 aromatic heterocycles. The Morgan fingerprint density at radius 1 is 1.24 bits per heavy atom. The zero-order valence-corrected chi connectivity index (χ0v) is 13.3. The first-order valence-corrected chi connectivity index (χ1v) is 7.53. The first-order chi connectivity index (χ1) is 10.1. The van der Waals surface area contributed by atoms with Crippen molar-refractivity contribution in [2.45, 2.75) is 6.04 Å². The minimum absolute atomic E-state index is 0.112. The third-order valence-corrected chi connectivity index (χ3v) is 4.25. The Hall–Kier alpha value is -1.59. The van der Waals surface area contributed by atoms with Crippen LogP contribution in [0.1, 0.15) is 11.6 Å². The van der Waals surface area contributed by atoms with Crippen molar-refractivity contribution < 1.29 is 4.39 Å². The molecule has 0 spiro atoms. The van der Waals surface area contributed by atoms with Gasteiger partial charge in [-0.3, -0.25) is 4.99 Å². The van der Waals surface area contributed by atoms with Crippen LogP contribution in [0.2, 0.25) is 5.02 Å². The van der Waals surface area contributed by atoms with Gasteiger partial charge in [0.15, 0.2) is 5.96 Å². The van der Waals surface area contributed by atoms with Crippen LogP contribution in [0.3, 0.4) is 0 Å². The molecule has 1 heterocycles. The number of anilines is 1. The molecule has 108 valence electrons. The number of benzene rings is 2. The van der Waals surface area contributed by atoms with E-state index in [1.165, 1.54) is 6.07 Å². The van der Waals surface area contributed by atoms with Crippen LogP contribution in [-0.4, -0.2) is 12.5 Å². The Morgan fingerprint density at radius 2 is 1.95 bits per heavy atom. The summed E-state index contributed by atoms with van der Waals surface area (Å²) in [4.78, 5) is 6.18. The molecular formula is C15H12BrClFN3. The quantitative estimate of drug-likeness (QED) is 0.866. The van der Waals surface area contributed by atoms with E-state index < -0.39 is 5.82 Å². The number of nitrogens with two attached hydrogens (primary N) is 1. The van der Waals surface area contributed by atoms with Crippen LogP contribution in [0.25, 0.3) is 0 Å². The predicted molar refractivity (Wildman–Crippen MR) is 87.3 cm³/mol. The second-order valence-corrected chi connectivity index (χ2v) is 6.06. The summed E-state index contributed by atoms with van der Waals surface area (Å²) in [7, 11) is 0. The molecule has 2 aromatic carbocycles. The van der Waals surface area contributed by atoms with E-state index in [0.29, 0.717) is 12.5 Å². The summed E-state index contributed by atoms with van der Waals surface area (Å²) in [5.41, 5.74) is 7.70. The van der Waals surface area contributed by atoms with E-state index in [0.717, 1.165) is 15.7 Å².